The maximum absolute atomic E-state index is 6.34. The van der Waals surface area contributed by atoms with Gasteiger partial charge in [0, 0.05) is 42.2 Å². The standard InChI is InChI=1S/C26H37N3O3Si/c1-4-5-16-33(2,3)31-18-24-27-17-23-25(28-24)29(19-26(23)12-13-26)20-6-8-21(9-7-20)32-22-10-14-30-15-11-22/h6-9,17,22H,4-5,10-16,18-19H2,1-3H3. The Morgan fingerprint density at radius 3 is 2.61 bits per heavy atom. The Labute approximate surface area is 198 Å². The lowest BCUT2D eigenvalue weighted by atomic mass is 10.0. The molecule has 1 saturated heterocycles. The highest BCUT2D eigenvalue weighted by molar-refractivity contribution is 6.71. The molecule has 5 rings (SSSR count). The van der Waals surface area contributed by atoms with Gasteiger partial charge in [-0.15, -0.1) is 0 Å². The monoisotopic (exact) mass is 467 g/mol. The minimum atomic E-state index is -1.67. The van der Waals surface area contributed by atoms with Crippen LogP contribution in [0.1, 0.15) is 56.8 Å². The highest BCUT2D eigenvalue weighted by Gasteiger charge is 2.53. The van der Waals surface area contributed by atoms with Gasteiger partial charge < -0.3 is 18.8 Å². The molecule has 0 N–H and O–H groups in total. The van der Waals surface area contributed by atoms with Gasteiger partial charge in [-0.05, 0) is 56.2 Å². The molecule has 1 spiro atoms. The first kappa shape index (κ1) is 22.8. The molecular weight excluding hydrogens is 430 g/mol. The molecular formula is C26H37N3O3Si. The summed E-state index contributed by atoms with van der Waals surface area (Å²) >= 11 is 0. The van der Waals surface area contributed by atoms with Gasteiger partial charge in [-0.1, -0.05) is 19.8 Å². The SMILES string of the molecule is CCCC[Si](C)(C)OCc1ncc2c(n1)N(c1ccc(OC3CCOCC3)cc1)CC21CC1. The summed E-state index contributed by atoms with van der Waals surface area (Å²) in [5, 5.41) is 0. The molecule has 0 unspecified atom stereocenters. The predicted octanol–water partition coefficient (Wildman–Crippen LogP) is 5.74. The summed E-state index contributed by atoms with van der Waals surface area (Å²) in [6, 6.07) is 9.70. The zero-order valence-electron chi connectivity index (χ0n) is 20.3. The third-order valence-corrected chi connectivity index (χ3v) is 9.79. The molecule has 1 aliphatic carbocycles. The van der Waals surface area contributed by atoms with Gasteiger partial charge in [0.1, 0.15) is 17.7 Å². The van der Waals surface area contributed by atoms with Crippen molar-refractivity contribution in [1.82, 2.24) is 9.97 Å². The fourth-order valence-electron chi connectivity index (χ4n) is 4.94. The molecule has 33 heavy (non-hydrogen) atoms. The second-order valence-electron chi connectivity index (χ2n) is 10.5. The Kier molecular flexibility index (Phi) is 6.46. The van der Waals surface area contributed by atoms with E-state index >= 15 is 0 Å². The van der Waals surface area contributed by atoms with Crippen LogP contribution in [-0.4, -0.2) is 44.1 Å². The van der Waals surface area contributed by atoms with Gasteiger partial charge in [0.05, 0.1) is 19.8 Å². The molecule has 0 amide bonds. The van der Waals surface area contributed by atoms with Crippen molar-refractivity contribution in [3.05, 3.63) is 41.9 Å². The van der Waals surface area contributed by atoms with Crippen molar-refractivity contribution in [2.75, 3.05) is 24.7 Å². The van der Waals surface area contributed by atoms with Crippen LogP contribution in [0.4, 0.5) is 11.5 Å². The molecule has 1 aromatic carbocycles. The zero-order chi connectivity index (χ0) is 22.9. The second kappa shape index (κ2) is 9.35. The van der Waals surface area contributed by atoms with Gasteiger partial charge in [0.15, 0.2) is 14.1 Å². The van der Waals surface area contributed by atoms with E-state index in [1.165, 1.54) is 43.0 Å². The lowest BCUT2D eigenvalue weighted by molar-refractivity contribution is 0.0256. The quantitative estimate of drug-likeness (QED) is 0.438. The van der Waals surface area contributed by atoms with Gasteiger partial charge in [-0.25, -0.2) is 9.97 Å². The molecule has 0 radical (unpaired) electrons. The second-order valence-corrected chi connectivity index (χ2v) is 14.8. The molecule has 3 heterocycles. The van der Waals surface area contributed by atoms with Gasteiger partial charge >= 0.3 is 0 Å². The molecule has 2 fully saturated rings. The third kappa shape index (κ3) is 5.10. The molecule has 0 bridgehead atoms. The Bertz CT molecular complexity index is 956. The summed E-state index contributed by atoms with van der Waals surface area (Å²) in [7, 11) is -1.67. The van der Waals surface area contributed by atoms with E-state index in [4.69, 9.17) is 23.9 Å². The average molecular weight is 468 g/mol. The smallest absolute Gasteiger partial charge is 0.187 e. The fourth-order valence-corrected chi connectivity index (χ4v) is 6.81. The van der Waals surface area contributed by atoms with Crippen LogP contribution in [0.25, 0.3) is 0 Å². The molecule has 2 aromatic rings. The van der Waals surface area contributed by atoms with E-state index in [2.05, 4.69) is 55.4 Å². The number of benzene rings is 1. The van der Waals surface area contributed by atoms with Crippen molar-refractivity contribution < 1.29 is 13.9 Å². The van der Waals surface area contributed by atoms with Crippen LogP contribution in [0.3, 0.4) is 0 Å². The summed E-state index contributed by atoms with van der Waals surface area (Å²) in [5.41, 5.74) is 2.71. The van der Waals surface area contributed by atoms with Crippen LogP contribution >= 0.6 is 0 Å². The summed E-state index contributed by atoms with van der Waals surface area (Å²) in [5.74, 6) is 2.79. The summed E-state index contributed by atoms with van der Waals surface area (Å²) in [4.78, 5) is 12.1. The van der Waals surface area contributed by atoms with Crippen molar-refractivity contribution in [1.29, 1.82) is 0 Å². The first-order valence-corrected chi connectivity index (χ1v) is 15.7. The topological polar surface area (TPSA) is 56.7 Å². The largest absolute Gasteiger partial charge is 0.490 e. The number of aromatic nitrogens is 2. The predicted molar refractivity (Wildman–Crippen MR) is 133 cm³/mol. The van der Waals surface area contributed by atoms with Crippen molar-refractivity contribution >= 4 is 19.8 Å². The van der Waals surface area contributed by atoms with Crippen LogP contribution < -0.4 is 9.64 Å². The fraction of sp³-hybridized carbons (Fsp3) is 0.615. The first-order chi connectivity index (χ1) is 16.0. The minimum Gasteiger partial charge on any atom is -0.490 e. The summed E-state index contributed by atoms with van der Waals surface area (Å²) in [6.07, 6.45) is 9.13. The third-order valence-electron chi connectivity index (χ3n) is 7.30. The van der Waals surface area contributed by atoms with E-state index in [0.717, 1.165) is 50.0 Å². The van der Waals surface area contributed by atoms with E-state index in [9.17, 15) is 0 Å². The van der Waals surface area contributed by atoms with Crippen LogP contribution in [0.15, 0.2) is 30.5 Å². The highest BCUT2D eigenvalue weighted by atomic mass is 28.4. The maximum Gasteiger partial charge on any atom is 0.187 e. The van der Waals surface area contributed by atoms with E-state index in [1.54, 1.807) is 0 Å². The number of hydrogen-bond acceptors (Lipinski definition) is 6. The van der Waals surface area contributed by atoms with Crippen molar-refractivity contribution in [2.24, 2.45) is 0 Å². The van der Waals surface area contributed by atoms with E-state index in [1.807, 2.05) is 0 Å². The summed E-state index contributed by atoms with van der Waals surface area (Å²) < 4.78 is 18.0. The molecule has 2 aliphatic heterocycles. The van der Waals surface area contributed by atoms with E-state index in [-0.39, 0.29) is 11.5 Å². The Morgan fingerprint density at radius 2 is 1.91 bits per heavy atom. The van der Waals surface area contributed by atoms with Crippen LogP contribution in [0, 0.1) is 0 Å². The molecule has 7 heteroatoms. The highest BCUT2D eigenvalue weighted by Crippen LogP contribution is 2.57. The Hall–Kier alpha value is -1.96. The van der Waals surface area contributed by atoms with Crippen molar-refractivity contribution in [2.45, 2.75) is 82.7 Å². The van der Waals surface area contributed by atoms with Gasteiger partial charge in [-0.2, -0.15) is 0 Å². The molecule has 1 saturated carbocycles. The van der Waals surface area contributed by atoms with E-state index < -0.39 is 8.32 Å². The zero-order valence-corrected chi connectivity index (χ0v) is 21.3. The normalized spacial score (nSPS) is 19.7. The summed E-state index contributed by atoms with van der Waals surface area (Å²) in [6.45, 7) is 9.91. The van der Waals surface area contributed by atoms with Crippen LogP contribution in [0.2, 0.25) is 19.1 Å². The molecule has 6 nitrogen and oxygen atoms in total. The lowest BCUT2D eigenvalue weighted by Gasteiger charge is -2.24. The minimum absolute atomic E-state index is 0.237. The lowest BCUT2D eigenvalue weighted by Crippen LogP contribution is -2.30. The molecule has 0 atom stereocenters. The Morgan fingerprint density at radius 1 is 1.15 bits per heavy atom. The van der Waals surface area contributed by atoms with E-state index in [0.29, 0.717) is 6.61 Å². The molecule has 3 aliphatic rings. The number of unbranched alkanes of at least 4 members (excludes halogenated alkanes) is 1. The first-order valence-electron chi connectivity index (χ1n) is 12.6. The van der Waals surface area contributed by atoms with Gasteiger partial charge in [0.25, 0.3) is 0 Å². The number of hydrogen-bond donors (Lipinski definition) is 0. The molecule has 1 aromatic heterocycles. The van der Waals surface area contributed by atoms with Crippen molar-refractivity contribution in [3.8, 4) is 5.75 Å². The van der Waals surface area contributed by atoms with Gasteiger partial charge in [0.2, 0.25) is 0 Å². The number of rotatable bonds is 9. The van der Waals surface area contributed by atoms with Crippen LogP contribution in [-0.2, 0) is 21.2 Å². The number of anilines is 2. The Balaban J connectivity index is 1.30. The van der Waals surface area contributed by atoms with Crippen LogP contribution in [0.5, 0.6) is 5.75 Å². The maximum atomic E-state index is 6.34. The van der Waals surface area contributed by atoms with Crippen molar-refractivity contribution in [3.63, 3.8) is 0 Å². The number of fused-ring (bicyclic) bond motifs is 2. The number of ether oxygens (including phenoxy) is 2. The average Bonchev–Trinajstić information content (AvgIpc) is 3.54. The molecule has 178 valence electrons. The van der Waals surface area contributed by atoms with Gasteiger partial charge in [-0.3, -0.25) is 0 Å². The number of nitrogens with zero attached hydrogens (tertiary/aromatic N) is 3.